The number of nitriles is 1. The molecule has 0 aliphatic heterocycles. The van der Waals surface area contributed by atoms with Crippen LogP contribution in [0.5, 0.6) is 0 Å². The van der Waals surface area contributed by atoms with E-state index in [1.165, 1.54) is 10.6 Å². The zero-order valence-corrected chi connectivity index (χ0v) is 13.1. The first-order valence-corrected chi connectivity index (χ1v) is 7.61. The van der Waals surface area contributed by atoms with Crippen molar-refractivity contribution in [3.05, 3.63) is 63.1 Å². The number of carbonyl (C=O) groups is 2. The monoisotopic (exact) mass is 321 g/mol. The van der Waals surface area contributed by atoms with Gasteiger partial charge in [0.05, 0.1) is 0 Å². The fraction of sp³-hybridized carbons (Fsp3) is 0.222. The third-order valence-corrected chi connectivity index (χ3v) is 4.16. The molecule has 0 fully saturated rings. The summed E-state index contributed by atoms with van der Waals surface area (Å²) < 4.78 is 1.42. The first-order valence-electron chi connectivity index (χ1n) is 7.61. The molecule has 6 heteroatoms. The maximum atomic E-state index is 12.6. The fourth-order valence-electron chi connectivity index (χ4n) is 2.95. The second-order valence-corrected chi connectivity index (χ2v) is 5.57. The molecule has 0 atom stereocenters. The summed E-state index contributed by atoms with van der Waals surface area (Å²) in [6.07, 6.45) is 1.69. The van der Waals surface area contributed by atoms with Crippen LogP contribution in [0.15, 0.2) is 35.1 Å². The molecule has 0 radical (unpaired) electrons. The molecule has 24 heavy (non-hydrogen) atoms. The zero-order valence-electron chi connectivity index (χ0n) is 13.1. The number of rotatable bonds is 2. The van der Waals surface area contributed by atoms with Crippen LogP contribution in [0, 0.1) is 11.3 Å². The van der Waals surface area contributed by atoms with Gasteiger partial charge in [-0.2, -0.15) is 5.26 Å². The summed E-state index contributed by atoms with van der Waals surface area (Å²) in [6.45, 7) is 0. The fourth-order valence-corrected chi connectivity index (χ4v) is 2.95. The second kappa shape index (κ2) is 6.13. The van der Waals surface area contributed by atoms with Gasteiger partial charge in [0.1, 0.15) is 11.6 Å². The molecule has 2 aromatic rings. The Morgan fingerprint density at radius 1 is 1.21 bits per heavy atom. The number of aromatic nitrogens is 1. The van der Waals surface area contributed by atoms with Crippen molar-refractivity contribution in [2.24, 2.45) is 0 Å². The van der Waals surface area contributed by atoms with E-state index in [0.29, 0.717) is 41.8 Å². The highest BCUT2D eigenvalue weighted by atomic mass is 16.1. The van der Waals surface area contributed by atoms with Crippen LogP contribution in [0.1, 0.15) is 44.8 Å². The molecule has 0 saturated heterocycles. The Hall–Kier alpha value is -3.20. The average Bonchev–Trinajstić information content (AvgIpc) is 2.61. The van der Waals surface area contributed by atoms with E-state index >= 15 is 0 Å². The summed E-state index contributed by atoms with van der Waals surface area (Å²) in [5, 5.41) is 11.7. The summed E-state index contributed by atoms with van der Waals surface area (Å²) in [4.78, 5) is 36.4. The highest BCUT2D eigenvalue weighted by molar-refractivity contribution is 5.98. The largest absolute Gasteiger partial charge is 0.355 e. The van der Waals surface area contributed by atoms with Gasteiger partial charge >= 0.3 is 0 Å². The van der Waals surface area contributed by atoms with Crippen molar-refractivity contribution in [2.45, 2.75) is 19.3 Å². The molecule has 0 unspecified atom stereocenters. The van der Waals surface area contributed by atoms with E-state index in [4.69, 9.17) is 0 Å². The Morgan fingerprint density at radius 2 is 1.92 bits per heavy atom. The number of ketones is 1. The minimum Gasteiger partial charge on any atom is -0.355 e. The lowest BCUT2D eigenvalue weighted by atomic mass is 9.93. The van der Waals surface area contributed by atoms with Crippen molar-refractivity contribution in [3.8, 4) is 11.8 Å². The quantitative estimate of drug-likeness (QED) is 0.909. The summed E-state index contributed by atoms with van der Waals surface area (Å²) in [6, 6.07) is 9.77. The van der Waals surface area contributed by atoms with Crippen molar-refractivity contribution in [1.29, 1.82) is 5.26 Å². The van der Waals surface area contributed by atoms with E-state index in [-0.39, 0.29) is 17.3 Å². The van der Waals surface area contributed by atoms with Gasteiger partial charge in [0.2, 0.25) is 0 Å². The molecule has 1 aliphatic rings. The van der Waals surface area contributed by atoms with Crippen molar-refractivity contribution in [1.82, 2.24) is 9.88 Å². The molecule has 0 saturated carbocycles. The van der Waals surface area contributed by atoms with Gasteiger partial charge in [-0.05, 0) is 43.2 Å². The van der Waals surface area contributed by atoms with Crippen LogP contribution in [0.3, 0.4) is 0 Å². The molecule has 0 spiro atoms. The molecule has 0 bridgehead atoms. The molecule has 1 aliphatic carbocycles. The Morgan fingerprint density at radius 3 is 2.54 bits per heavy atom. The van der Waals surface area contributed by atoms with Gasteiger partial charge in [-0.1, -0.05) is 0 Å². The van der Waals surface area contributed by atoms with Crippen molar-refractivity contribution < 1.29 is 9.59 Å². The van der Waals surface area contributed by atoms with Crippen LogP contribution in [0.25, 0.3) is 5.69 Å². The third kappa shape index (κ3) is 2.50. The molecule has 1 aromatic carbocycles. The number of hydrogen-bond donors (Lipinski definition) is 1. The third-order valence-electron chi connectivity index (χ3n) is 4.16. The number of hydrogen-bond acceptors (Lipinski definition) is 4. The molecule has 1 amide bonds. The number of fused-ring (bicyclic) bond motifs is 1. The number of nitrogens with one attached hydrogen (secondary N) is 1. The SMILES string of the molecule is CNC(=O)c1ccc(-n2c3c(cc(C#N)c2=O)C(=O)CCC3)cc1. The van der Waals surface area contributed by atoms with Crippen LogP contribution in [0.2, 0.25) is 0 Å². The van der Waals surface area contributed by atoms with E-state index in [1.54, 1.807) is 31.3 Å². The standard InChI is InChI=1S/C18H15N3O3/c1-20-17(23)11-5-7-13(8-6-11)21-15-3-2-4-16(22)14(15)9-12(10-19)18(21)24/h5-9H,2-4H2,1H3,(H,20,23). The smallest absolute Gasteiger partial charge is 0.273 e. The van der Waals surface area contributed by atoms with Crippen LogP contribution in [-0.2, 0) is 6.42 Å². The van der Waals surface area contributed by atoms with Gasteiger partial charge in [-0.15, -0.1) is 0 Å². The second-order valence-electron chi connectivity index (χ2n) is 5.57. The highest BCUT2D eigenvalue weighted by Gasteiger charge is 2.24. The van der Waals surface area contributed by atoms with Gasteiger partial charge in [0.15, 0.2) is 5.78 Å². The van der Waals surface area contributed by atoms with Crippen molar-refractivity contribution >= 4 is 11.7 Å². The lowest BCUT2D eigenvalue weighted by molar-refractivity contribution is 0.0958. The van der Waals surface area contributed by atoms with Gasteiger partial charge in [-0.25, -0.2) is 0 Å². The molecular weight excluding hydrogens is 306 g/mol. The summed E-state index contributed by atoms with van der Waals surface area (Å²) in [5.74, 6) is -0.277. The Bertz CT molecular complexity index is 934. The number of Topliss-reactive ketones (excluding diaryl/α,β-unsaturated/α-hetero) is 1. The summed E-state index contributed by atoms with van der Waals surface area (Å²) in [7, 11) is 1.54. The predicted molar refractivity (Wildman–Crippen MR) is 87.4 cm³/mol. The highest BCUT2D eigenvalue weighted by Crippen LogP contribution is 2.23. The van der Waals surface area contributed by atoms with Crippen LogP contribution < -0.4 is 10.9 Å². The molecule has 3 rings (SSSR count). The lowest BCUT2D eigenvalue weighted by Gasteiger charge is -2.20. The Labute approximate surface area is 138 Å². The van der Waals surface area contributed by atoms with Gasteiger partial charge in [-0.3, -0.25) is 19.0 Å². The summed E-state index contributed by atoms with van der Waals surface area (Å²) >= 11 is 0. The molecule has 1 aromatic heterocycles. The minimum atomic E-state index is -0.446. The number of carbonyl (C=O) groups excluding carboxylic acids is 2. The van der Waals surface area contributed by atoms with Crippen molar-refractivity contribution in [2.75, 3.05) is 7.05 Å². The first kappa shape index (κ1) is 15.7. The first-order chi connectivity index (χ1) is 11.6. The minimum absolute atomic E-state index is 0.0523. The Kier molecular flexibility index (Phi) is 4.00. The van der Waals surface area contributed by atoms with E-state index < -0.39 is 5.56 Å². The van der Waals surface area contributed by atoms with Gasteiger partial charge < -0.3 is 5.32 Å². The molecule has 1 heterocycles. The predicted octanol–water partition coefficient (Wildman–Crippen LogP) is 1.59. The number of amides is 1. The normalized spacial score (nSPS) is 13.1. The number of nitrogens with zero attached hydrogens (tertiary/aromatic N) is 2. The summed E-state index contributed by atoms with van der Waals surface area (Å²) in [5.41, 5.74) is 1.57. The van der Waals surface area contributed by atoms with Gasteiger partial charge in [0.25, 0.3) is 11.5 Å². The van der Waals surface area contributed by atoms with Crippen LogP contribution in [-0.4, -0.2) is 23.3 Å². The van der Waals surface area contributed by atoms with Gasteiger partial charge in [0, 0.05) is 36.0 Å². The molecule has 120 valence electrons. The molecular formula is C18H15N3O3. The van der Waals surface area contributed by atoms with Crippen LogP contribution in [0.4, 0.5) is 0 Å². The Balaban J connectivity index is 2.22. The van der Waals surface area contributed by atoms with E-state index in [1.807, 2.05) is 6.07 Å². The van der Waals surface area contributed by atoms with E-state index in [9.17, 15) is 19.6 Å². The molecule has 1 N–H and O–H groups in total. The van der Waals surface area contributed by atoms with Crippen LogP contribution >= 0.6 is 0 Å². The number of pyridine rings is 1. The topological polar surface area (TPSA) is 92.0 Å². The van der Waals surface area contributed by atoms with Crippen molar-refractivity contribution in [3.63, 3.8) is 0 Å². The maximum Gasteiger partial charge on any atom is 0.273 e. The average molecular weight is 321 g/mol. The lowest BCUT2D eigenvalue weighted by Crippen LogP contribution is -2.29. The number of benzene rings is 1. The maximum absolute atomic E-state index is 12.6. The zero-order chi connectivity index (χ0) is 17.3. The van der Waals surface area contributed by atoms with E-state index in [0.717, 1.165) is 0 Å². The van der Waals surface area contributed by atoms with E-state index in [2.05, 4.69) is 5.32 Å². The molecule has 6 nitrogen and oxygen atoms in total.